The lowest BCUT2D eigenvalue weighted by Gasteiger charge is -2.36. The Hall–Kier alpha value is -0.0400. The van der Waals surface area contributed by atoms with Crippen LogP contribution in [0.15, 0.2) is 0 Å². The molecule has 19 heavy (non-hydrogen) atoms. The van der Waals surface area contributed by atoms with E-state index in [2.05, 4.69) is 27.7 Å². The average Bonchev–Trinajstić information content (AvgIpc) is 2.43. The maximum atomic E-state index is 9.67. The van der Waals surface area contributed by atoms with Gasteiger partial charge in [0, 0.05) is 6.61 Å². The summed E-state index contributed by atoms with van der Waals surface area (Å²) in [6, 6.07) is 0. The van der Waals surface area contributed by atoms with Crippen LogP contribution in [0.2, 0.25) is 0 Å². The molecule has 0 bridgehead atoms. The summed E-state index contributed by atoms with van der Waals surface area (Å²) in [5.41, 5.74) is 0. The molecule has 1 saturated carbocycles. The Balaban J connectivity index is 2.43. The van der Waals surface area contributed by atoms with Crippen LogP contribution in [0.4, 0.5) is 0 Å². The third kappa shape index (κ3) is 5.85. The lowest BCUT2D eigenvalue weighted by atomic mass is 9.70. The minimum absolute atomic E-state index is 0.401. The second kappa shape index (κ2) is 9.00. The van der Waals surface area contributed by atoms with E-state index in [1.807, 2.05) is 0 Å². The summed E-state index contributed by atoms with van der Waals surface area (Å²) in [7, 11) is 0. The van der Waals surface area contributed by atoms with Gasteiger partial charge in [0.25, 0.3) is 0 Å². The van der Waals surface area contributed by atoms with E-state index < -0.39 is 0 Å². The minimum atomic E-state index is 0.401. The highest BCUT2D eigenvalue weighted by atomic mass is 16.3. The van der Waals surface area contributed by atoms with Crippen LogP contribution in [0.25, 0.3) is 0 Å². The van der Waals surface area contributed by atoms with E-state index in [-0.39, 0.29) is 0 Å². The topological polar surface area (TPSA) is 20.2 Å². The van der Waals surface area contributed by atoms with Crippen LogP contribution in [0.5, 0.6) is 0 Å². The van der Waals surface area contributed by atoms with Crippen molar-refractivity contribution >= 4 is 0 Å². The third-order valence-corrected chi connectivity index (χ3v) is 5.59. The fourth-order valence-corrected chi connectivity index (χ4v) is 3.82. The number of hydrogen-bond donors (Lipinski definition) is 1. The highest BCUT2D eigenvalue weighted by molar-refractivity contribution is 4.80. The molecule has 1 rings (SSSR count). The van der Waals surface area contributed by atoms with E-state index in [4.69, 9.17) is 0 Å². The Labute approximate surface area is 121 Å². The smallest absolute Gasteiger partial charge is 0.0459 e. The van der Waals surface area contributed by atoms with Crippen LogP contribution in [-0.2, 0) is 0 Å². The van der Waals surface area contributed by atoms with Crippen molar-refractivity contribution in [3.05, 3.63) is 0 Å². The van der Waals surface area contributed by atoms with Crippen LogP contribution in [-0.4, -0.2) is 11.7 Å². The van der Waals surface area contributed by atoms with Gasteiger partial charge in [-0.15, -0.1) is 0 Å². The fraction of sp³-hybridized carbons (Fsp3) is 1.00. The van der Waals surface area contributed by atoms with Gasteiger partial charge in [-0.1, -0.05) is 53.4 Å². The molecule has 1 fully saturated rings. The summed E-state index contributed by atoms with van der Waals surface area (Å²) in [4.78, 5) is 0. The summed E-state index contributed by atoms with van der Waals surface area (Å²) in [6.45, 7) is 9.77. The molecule has 0 saturated heterocycles. The Morgan fingerprint density at radius 1 is 1.11 bits per heavy atom. The molecule has 0 amide bonds. The van der Waals surface area contributed by atoms with Gasteiger partial charge in [-0.2, -0.15) is 0 Å². The molecule has 114 valence electrons. The van der Waals surface area contributed by atoms with Gasteiger partial charge in [0.2, 0.25) is 0 Å². The summed E-state index contributed by atoms with van der Waals surface area (Å²) in [5.74, 6) is 4.08. The summed E-state index contributed by atoms with van der Waals surface area (Å²) < 4.78 is 0. The van der Waals surface area contributed by atoms with E-state index in [1.54, 1.807) is 0 Å². The van der Waals surface area contributed by atoms with Gasteiger partial charge < -0.3 is 5.11 Å². The number of rotatable bonds is 8. The molecular weight excluding hydrogens is 232 g/mol. The first-order valence-corrected chi connectivity index (χ1v) is 8.71. The van der Waals surface area contributed by atoms with Crippen molar-refractivity contribution in [2.45, 2.75) is 79.1 Å². The molecule has 0 heterocycles. The number of aliphatic hydroxyl groups excluding tert-OH is 1. The van der Waals surface area contributed by atoms with Crippen molar-refractivity contribution in [2.24, 2.45) is 29.6 Å². The van der Waals surface area contributed by atoms with Crippen molar-refractivity contribution in [3.8, 4) is 0 Å². The molecular formula is C18H36O. The van der Waals surface area contributed by atoms with Crippen molar-refractivity contribution < 1.29 is 5.11 Å². The van der Waals surface area contributed by atoms with Gasteiger partial charge in [0.1, 0.15) is 0 Å². The largest absolute Gasteiger partial charge is 0.396 e. The van der Waals surface area contributed by atoms with E-state index in [0.29, 0.717) is 12.5 Å². The lowest BCUT2D eigenvalue weighted by molar-refractivity contribution is 0.119. The van der Waals surface area contributed by atoms with E-state index in [0.717, 1.165) is 23.7 Å². The maximum Gasteiger partial charge on any atom is 0.0459 e. The summed E-state index contributed by atoms with van der Waals surface area (Å²) in [6.07, 6.45) is 10.6. The summed E-state index contributed by atoms with van der Waals surface area (Å²) >= 11 is 0. The average molecular weight is 268 g/mol. The molecule has 1 heteroatoms. The predicted octanol–water partition coefficient (Wildman–Crippen LogP) is 5.27. The van der Waals surface area contributed by atoms with Gasteiger partial charge in [0.05, 0.1) is 0 Å². The van der Waals surface area contributed by atoms with Crippen molar-refractivity contribution in [3.63, 3.8) is 0 Å². The maximum absolute atomic E-state index is 9.67. The fourth-order valence-electron chi connectivity index (χ4n) is 3.82. The molecule has 1 aliphatic carbocycles. The standard InChI is InChI=1S/C18H36O/c1-5-14(3)7-9-16(13-19)12-18-11-15(4)8-10-17(18)6-2/h14-19H,5-13H2,1-4H3/t14?,15-,16?,17+,18?/m1/s1. The molecule has 0 aromatic heterocycles. The van der Waals surface area contributed by atoms with Crippen molar-refractivity contribution in [1.82, 2.24) is 0 Å². The first-order valence-electron chi connectivity index (χ1n) is 8.71. The Bertz CT molecular complexity index is 226. The van der Waals surface area contributed by atoms with E-state index >= 15 is 0 Å². The molecule has 0 aromatic rings. The molecule has 1 N–H and O–H groups in total. The number of hydrogen-bond acceptors (Lipinski definition) is 1. The Morgan fingerprint density at radius 2 is 1.84 bits per heavy atom. The van der Waals surface area contributed by atoms with E-state index in [9.17, 15) is 5.11 Å². The van der Waals surface area contributed by atoms with Gasteiger partial charge in [-0.3, -0.25) is 0 Å². The summed E-state index contributed by atoms with van der Waals surface area (Å²) in [5, 5.41) is 9.67. The number of aliphatic hydroxyl groups is 1. The van der Waals surface area contributed by atoms with Crippen LogP contribution >= 0.6 is 0 Å². The van der Waals surface area contributed by atoms with Gasteiger partial charge >= 0.3 is 0 Å². The highest BCUT2D eigenvalue weighted by Crippen LogP contribution is 2.39. The normalized spacial score (nSPS) is 31.1. The lowest BCUT2D eigenvalue weighted by Crippen LogP contribution is -2.26. The Morgan fingerprint density at radius 3 is 2.42 bits per heavy atom. The zero-order valence-corrected chi connectivity index (χ0v) is 13.7. The third-order valence-electron chi connectivity index (χ3n) is 5.59. The van der Waals surface area contributed by atoms with Crippen LogP contribution < -0.4 is 0 Å². The monoisotopic (exact) mass is 268 g/mol. The van der Waals surface area contributed by atoms with Gasteiger partial charge in [-0.25, -0.2) is 0 Å². The minimum Gasteiger partial charge on any atom is -0.396 e. The van der Waals surface area contributed by atoms with Gasteiger partial charge in [0.15, 0.2) is 0 Å². The van der Waals surface area contributed by atoms with E-state index in [1.165, 1.54) is 51.4 Å². The van der Waals surface area contributed by atoms with Crippen molar-refractivity contribution in [2.75, 3.05) is 6.61 Å². The molecule has 0 radical (unpaired) electrons. The predicted molar refractivity (Wildman–Crippen MR) is 84.2 cm³/mol. The SMILES string of the molecule is CCC(C)CCC(CO)CC1C[C@H](C)CC[C@@H]1CC. The zero-order chi connectivity index (χ0) is 14.3. The molecule has 3 unspecified atom stereocenters. The molecule has 1 aliphatic rings. The quantitative estimate of drug-likeness (QED) is 0.635. The second-order valence-electron chi connectivity index (χ2n) is 7.22. The highest BCUT2D eigenvalue weighted by Gasteiger charge is 2.29. The first-order chi connectivity index (χ1) is 9.10. The van der Waals surface area contributed by atoms with Crippen LogP contribution in [0.1, 0.15) is 79.1 Å². The zero-order valence-electron chi connectivity index (χ0n) is 13.7. The molecule has 0 aromatic carbocycles. The first kappa shape index (κ1) is 17.0. The van der Waals surface area contributed by atoms with Crippen LogP contribution in [0, 0.1) is 29.6 Å². The molecule has 5 atom stereocenters. The molecule has 1 nitrogen and oxygen atoms in total. The van der Waals surface area contributed by atoms with Crippen molar-refractivity contribution in [1.29, 1.82) is 0 Å². The van der Waals surface area contributed by atoms with Crippen LogP contribution in [0.3, 0.4) is 0 Å². The van der Waals surface area contributed by atoms with Gasteiger partial charge in [-0.05, 0) is 55.3 Å². The Kier molecular flexibility index (Phi) is 8.06. The second-order valence-corrected chi connectivity index (χ2v) is 7.22. The molecule has 0 spiro atoms. The molecule has 0 aliphatic heterocycles.